The summed E-state index contributed by atoms with van der Waals surface area (Å²) >= 11 is 5.99. The van der Waals surface area contributed by atoms with Gasteiger partial charge in [0, 0.05) is 17.3 Å². The van der Waals surface area contributed by atoms with E-state index in [4.69, 9.17) is 20.8 Å². The molecule has 134 valence electrons. The Balaban J connectivity index is 1.76. The molecule has 1 aromatic heterocycles. The highest BCUT2D eigenvalue weighted by Gasteiger charge is 2.16. The monoisotopic (exact) mass is 370 g/mol. The van der Waals surface area contributed by atoms with E-state index in [0.717, 1.165) is 11.3 Å². The first kappa shape index (κ1) is 17.9. The zero-order valence-electron chi connectivity index (χ0n) is 14.3. The number of carbonyl (C=O) groups is 1. The molecule has 26 heavy (non-hydrogen) atoms. The fourth-order valence-corrected chi connectivity index (χ4v) is 2.70. The van der Waals surface area contributed by atoms with Gasteiger partial charge < -0.3 is 19.4 Å². The van der Waals surface area contributed by atoms with Gasteiger partial charge in [-0.1, -0.05) is 29.8 Å². The summed E-state index contributed by atoms with van der Waals surface area (Å²) in [6.07, 6.45) is 1.59. The molecule has 5 nitrogen and oxygen atoms in total. The fourth-order valence-electron chi connectivity index (χ4n) is 2.51. The first-order chi connectivity index (χ1) is 12.6. The van der Waals surface area contributed by atoms with Gasteiger partial charge in [-0.3, -0.25) is 0 Å². The SMILES string of the molecule is COc1ccc(CN(Cc2ccco2)C(=O)Nc2cccc(Cl)c2)cc1. The Morgan fingerprint density at radius 1 is 1.12 bits per heavy atom. The molecule has 1 heterocycles. The number of methoxy groups -OCH3 is 1. The number of anilines is 1. The van der Waals surface area contributed by atoms with Gasteiger partial charge >= 0.3 is 6.03 Å². The number of nitrogens with one attached hydrogen (secondary N) is 1. The lowest BCUT2D eigenvalue weighted by Gasteiger charge is -2.22. The van der Waals surface area contributed by atoms with Crippen molar-refractivity contribution in [3.63, 3.8) is 0 Å². The van der Waals surface area contributed by atoms with Crippen LogP contribution in [0.5, 0.6) is 5.75 Å². The number of furan rings is 1. The number of hydrogen-bond donors (Lipinski definition) is 1. The zero-order chi connectivity index (χ0) is 18.4. The number of ether oxygens (including phenoxy) is 1. The van der Waals surface area contributed by atoms with Crippen molar-refractivity contribution in [3.05, 3.63) is 83.3 Å². The number of hydrogen-bond acceptors (Lipinski definition) is 3. The average molecular weight is 371 g/mol. The van der Waals surface area contributed by atoms with E-state index in [1.807, 2.05) is 30.3 Å². The number of amides is 2. The van der Waals surface area contributed by atoms with Crippen LogP contribution in [-0.2, 0) is 13.1 Å². The molecule has 2 aromatic carbocycles. The van der Waals surface area contributed by atoms with Gasteiger partial charge in [0.25, 0.3) is 0 Å². The minimum absolute atomic E-state index is 0.237. The standard InChI is InChI=1S/C20H19ClN2O3/c1-25-18-9-7-15(8-10-18)13-23(14-19-6-3-11-26-19)20(24)22-17-5-2-4-16(21)12-17/h2-12H,13-14H2,1H3,(H,22,24). The van der Waals surface area contributed by atoms with Crippen molar-refractivity contribution in [1.82, 2.24) is 4.90 Å². The third kappa shape index (κ3) is 4.80. The van der Waals surface area contributed by atoms with E-state index in [2.05, 4.69) is 5.32 Å². The Bertz CT molecular complexity index is 848. The number of halogens is 1. The molecule has 0 saturated heterocycles. The molecule has 0 saturated carbocycles. The first-order valence-electron chi connectivity index (χ1n) is 8.11. The second-order valence-corrected chi connectivity index (χ2v) is 6.16. The average Bonchev–Trinajstić information content (AvgIpc) is 3.15. The van der Waals surface area contributed by atoms with Gasteiger partial charge in [0.05, 0.1) is 19.9 Å². The first-order valence-corrected chi connectivity index (χ1v) is 8.48. The molecule has 0 fully saturated rings. The van der Waals surface area contributed by atoms with Crippen molar-refractivity contribution < 1.29 is 13.9 Å². The molecular formula is C20H19ClN2O3. The molecule has 6 heteroatoms. The van der Waals surface area contributed by atoms with Gasteiger partial charge in [0.2, 0.25) is 0 Å². The number of carbonyl (C=O) groups excluding carboxylic acids is 1. The molecule has 0 radical (unpaired) electrons. The summed E-state index contributed by atoms with van der Waals surface area (Å²) < 4.78 is 10.6. The van der Waals surface area contributed by atoms with Crippen molar-refractivity contribution in [2.45, 2.75) is 13.1 Å². The Kier molecular flexibility index (Phi) is 5.81. The molecule has 0 atom stereocenters. The Morgan fingerprint density at radius 3 is 2.58 bits per heavy atom. The molecule has 3 rings (SSSR count). The third-order valence-corrected chi connectivity index (χ3v) is 4.06. The number of nitrogens with zero attached hydrogens (tertiary/aromatic N) is 1. The second kappa shape index (κ2) is 8.45. The summed E-state index contributed by atoms with van der Waals surface area (Å²) in [6.45, 7) is 0.780. The molecular weight excluding hydrogens is 352 g/mol. The topological polar surface area (TPSA) is 54.7 Å². The van der Waals surface area contributed by atoms with Gasteiger partial charge in [-0.25, -0.2) is 4.79 Å². The van der Waals surface area contributed by atoms with Crippen molar-refractivity contribution in [3.8, 4) is 5.75 Å². The van der Waals surface area contributed by atoms with Crippen LogP contribution in [-0.4, -0.2) is 18.0 Å². The van der Waals surface area contributed by atoms with Crippen LogP contribution in [0, 0.1) is 0 Å². The quantitative estimate of drug-likeness (QED) is 0.650. The molecule has 0 bridgehead atoms. The molecule has 1 N–H and O–H groups in total. The van der Waals surface area contributed by atoms with Crippen LogP contribution in [0.3, 0.4) is 0 Å². The van der Waals surface area contributed by atoms with Gasteiger partial charge in [0.1, 0.15) is 11.5 Å². The molecule has 0 aliphatic heterocycles. The largest absolute Gasteiger partial charge is 0.497 e. The molecule has 3 aromatic rings. The van der Waals surface area contributed by atoms with Crippen LogP contribution in [0.1, 0.15) is 11.3 Å². The summed E-state index contributed by atoms with van der Waals surface area (Å²) in [5, 5.41) is 3.44. The van der Waals surface area contributed by atoms with Crippen LogP contribution in [0.2, 0.25) is 5.02 Å². The molecule has 0 unspecified atom stereocenters. The van der Waals surface area contributed by atoms with Crippen molar-refractivity contribution >= 4 is 23.3 Å². The van der Waals surface area contributed by atoms with E-state index >= 15 is 0 Å². The summed E-state index contributed by atoms with van der Waals surface area (Å²) in [6, 6.07) is 18.1. The highest BCUT2D eigenvalue weighted by Crippen LogP contribution is 2.18. The van der Waals surface area contributed by atoms with E-state index in [1.165, 1.54) is 0 Å². The lowest BCUT2D eigenvalue weighted by molar-refractivity contribution is 0.201. The smallest absolute Gasteiger partial charge is 0.322 e. The summed E-state index contributed by atoms with van der Waals surface area (Å²) in [4.78, 5) is 14.5. The van der Waals surface area contributed by atoms with E-state index in [1.54, 1.807) is 48.6 Å². The van der Waals surface area contributed by atoms with Crippen LogP contribution < -0.4 is 10.1 Å². The summed E-state index contributed by atoms with van der Waals surface area (Å²) in [5.74, 6) is 1.48. The molecule has 0 aliphatic rings. The zero-order valence-corrected chi connectivity index (χ0v) is 15.1. The highest BCUT2D eigenvalue weighted by molar-refractivity contribution is 6.30. The summed E-state index contributed by atoms with van der Waals surface area (Å²) in [7, 11) is 1.62. The highest BCUT2D eigenvalue weighted by atomic mass is 35.5. The maximum absolute atomic E-state index is 12.8. The van der Waals surface area contributed by atoms with Crippen molar-refractivity contribution in [1.29, 1.82) is 0 Å². The number of urea groups is 1. The van der Waals surface area contributed by atoms with E-state index in [0.29, 0.717) is 29.6 Å². The molecule has 2 amide bonds. The normalized spacial score (nSPS) is 10.4. The minimum Gasteiger partial charge on any atom is -0.497 e. The van der Waals surface area contributed by atoms with Gasteiger partial charge in [-0.2, -0.15) is 0 Å². The number of benzene rings is 2. The second-order valence-electron chi connectivity index (χ2n) is 5.72. The third-order valence-electron chi connectivity index (χ3n) is 3.82. The van der Waals surface area contributed by atoms with E-state index < -0.39 is 0 Å². The van der Waals surface area contributed by atoms with E-state index in [9.17, 15) is 4.79 Å². The maximum Gasteiger partial charge on any atom is 0.322 e. The molecule has 0 aliphatic carbocycles. The van der Waals surface area contributed by atoms with Crippen LogP contribution in [0.15, 0.2) is 71.3 Å². The van der Waals surface area contributed by atoms with Gasteiger partial charge in [0.15, 0.2) is 0 Å². The van der Waals surface area contributed by atoms with Gasteiger partial charge in [-0.05, 0) is 48.0 Å². The minimum atomic E-state index is -0.237. The van der Waals surface area contributed by atoms with Crippen molar-refractivity contribution in [2.24, 2.45) is 0 Å². The van der Waals surface area contributed by atoms with Crippen LogP contribution in [0.25, 0.3) is 0 Å². The van der Waals surface area contributed by atoms with Crippen molar-refractivity contribution in [2.75, 3.05) is 12.4 Å². The lowest BCUT2D eigenvalue weighted by atomic mass is 10.2. The summed E-state index contributed by atoms with van der Waals surface area (Å²) in [5.41, 5.74) is 1.63. The predicted molar refractivity (Wildman–Crippen MR) is 101 cm³/mol. The van der Waals surface area contributed by atoms with Crippen LogP contribution >= 0.6 is 11.6 Å². The van der Waals surface area contributed by atoms with Gasteiger partial charge in [-0.15, -0.1) is 0 Å². The Labute approximate surface area is 157 Å². The number of rotatable bonds is 6. The maximum atomic E-state index is 12.8. The Hall–Kier alpha value is -2.92. The molecule has 0 spiro atoms. The fraction of sp³-hybridized carbons (Fsp3) is 0.150. The Morgan fingerprint density at radius 2 is 1.92 bits per heavy atom. The predicted octanol–water partition coefficient (Wildman–Crippen LogP) is 5.18. The van der Waals surface area contributed by atoms with E-state index in [-0.39, 0.29) is 6.03 Å². The van der Waals surface area contributed by atoms with Crippen LogP contribution in [0.4, 0.5) is 10.5 Å². The lowest BCUT2D eigenvalue weighted by Crippen LogP contribution is -2.33.